The SMILES string of the molecule is CCOC(=O)c1ccnc(OCCOC)c1N. The zero-order valence-electron chi connectivity index (χ0n) is 9.93. The van der Waals surface area contributed by atoms with Gasteiger partial charge < -0.3 is 19.9 Å². The predicted octanol–water partition coefficient (Wildman–Crippen LogP) is 0.866. The molecule has 1 heterocycles. The maximum Gasteiger partial charge on any atom is 0.340 e. The molecule has 17 heavy (non-hydrogen) atoms. The van der Waals surface area contributed by atoms with Crippen molar-refractivity contribution >= 4 is 11.7 Å². The topological polar surface area (TPSA) is 83.7 Å². The number of carbonyl (C=O) groups is 1. The van der Waals surface area contributed by atoms with E-state index in [1.165, 1.54) is 12.3 Å². The lowest BCUT2D eigenvalue weighted by Crippen LogP contribution is -2.12. The molecule has 0 amide bonds. The minimum atomic E-state index is -0.482. The van der Waals surface area contributed by atoms with Gasteiger partial charge in [-0.3, -0.25) is 0 Å². The van der Waals surface area contributed by atoms with Crippen molar-refractivity contribution in [3.63, 3.8) is 0 Å². The summed E-state index contributed by atoms with van der Waals surface area (Å²) in [5.74, 6) is -0.267. The van der Waals surface area contributed by atoms with E-state index in [2.05, 4.69) is 4.98 Å². The smallest absolute Gasteiger partial charge is 0.340 e. The number of ether oxygens (including phenoxy) is 3. The van der Waals surface area contributed by atoms with E-state index >= 15 is 0 Å². The van der Waals surface area contributed by atoms with E-state index in [-0.39, 0.29) is 17.1 Å². The van der Waals surface area contributed by atoms with Crippen molar-refractivity contribution in [2.45, 2.75) is 6.92 Å². The summed E-state index contributed by atoms with van der Waals surface area (Å²) in [5.41, 5.74) is 6.21. The first-order valence-corrected chi connectivity index (χ1v) is 5.24. The molecule has 6 nitrogen and oxygen atoms in total. The fourth-order valence-corrected chi connectivity index (χ4v) is 1.18. The predicted molar refractivity (Wildman–Crippen MR) is 62.0 cm³/mol. The second kappa shape index (κ2) is 6.70. The van der Waals surface area contributed by atoms with Crippen LogP contribution in [0, 0.1) is 0 Å². The number of nitrogens with zero attached hydrogens (tertiary/aromatic N) is 1. The van der Waals surface area contributed by atoms with Gasteiger partial charge in [0, 0.05) is 13.3 Å². The zero-order valence-corrected chi connectivity index (χ0v) is 9.93. The summed E-state index contributed by atoms with van der Waals surface area (Å²) in [6, 6.07) is 1.50. The molecule has 0 saturated heterocycles. The fraction of sp³-hybridized carbons (Fsp3) is 0.455. The van der Waals surface area contributed by atoms with Crippen molar-refractivity contribution in [1.29, 1.82) is 0 Å². The fourth-order valence-electron chi connectivity index (χ4n) is 1.18. The Morgan fingerprint density at radius 2 is 2.24 bits per heavy atom. The summed E-state index contributed by atoms with van der Waals surface area (Å²) in [5, 5.41) is 0. The maximum atomic E-state index is 11.5. The number of rotatable bonds is 6. The van der Waals surface area contributed by atoms with E-state index in [4.69, 9.17) is 19.9 Å². The Hall–Kier alpha value is -1.82. The second-order valence-corrected chi connectivity index (χ2v) is 3.14. The molecule has 0 aromatic carbocycles. The number of nitrogens with two attached hydrogens (primary N) is 1. The molecule has 0 radical (unpaired) electrons. The average Bonchev–Trinajstić information content (AvgIpc) is 2.32. The lowest BCUT2D eigenvalue weighted by Gasteiger charge is -2.10. The number of hydrogen-bond acceptors (Lipinski definition) is 6. The first kappa shape index (κ1) is 13.2. The highest BCUT2D eigenvalue weighted by Gasteiger charge is 2.15. The Morgan fingerprint density at radius 1 is 1.47 bits per heavy atom. The van der Waals surface area contributed by atoms with Crippen LogP contribution in [0.3, 0.4) is 0 Å². The number of hydrogen-bond donors (Lipinski definition) is 1. The number of anilines is 1. The second-order valence-electron chi connectivity index (χ2n) is 3.14. The lowest BCUT2D eigenvalue weighted by atomic mass is 10.2. The van der Waals surface area contributed by atoms with Gasteiger partial charge >= 0.3 is 5.97 Å². The van der Waals surface area contributed by atoms with E-state index in [9.17, 15) is 4.79 Å². The molecule has 0 spiro atoms. The minimum absolute atomic E-state index is 0.182. The highest BCUT2D eigenvalue weighted by Crippen LogP contribution is 2.22. The first-order chi connectivity index (χ1) is 8.20. The molecule has 0 bridgehead atoms. The summed E-state index contributed by atoms with van der Waals surface area (Å²) in [7, 11) is 1.56. The van der Waals surface area contributed by atoms with E-state index in [1.807, 2.05) is 0 Å². The molecular formula is C11H16N2O4. The average molecular weight is 240 g/mol. The number of methoxy groups -OCH3 is 1. The third-order valence-electron chi connectivity index (χ3n) is 1.98. The van der Waals surface area contributed by atoms with Gasteiger partial charge in [0.2, 0.25) is 5.88 Å². The Bertz CT molecular complexity index is 382. The van der Waals surface area contributed by atoms with Crippen LogP contribution < -0.4 is 10.5 Å². The molecule has 0 saturated carbocycles. The highest BCUT2D eigenvalue weighted by atomic mass is 16.5. The van der Waals surface area contributed by atoms with Gasteiger partial charge in [0.1, 0.15) is 12.3 Å². The molecule has 0 aliphatic carbocycles. The van der Waals surface area contributed by atoms with Crippen LogP contribution in [0.1, 0.15) is 17.3 Å². The van der Waals surface area contributed by atoms with Crippen LogP contribution in [0.2, 0.25) is 0 Å². The standard InChI is InChI=1S/C11H16N2O4/c1-3-16-11(14)8-4-5-13-10(9(8)12)17-7-6-15-2/h4-5H,3,6-7,12H2,1-2H3. The molecule has 0 aliphatic rings. The summed E-state index contributed by atoms with van der Waals surface area (Å²) in [6.07, 6.45) is 1.45. The molecule has 2 N–H and O–H groups in total. The van der Waals surface area contributed by atoms with Crippen LogP contribution >= 0.6 is 0 Å². The van der Waals surface area contributed by atoms with E-state index < -0.39 is 5.97 Å². The molecule has 0 aliphatic heterocycles. The van der Waals surface area contributed by atoms with Gasteiger partial charge in [-0.25, -0.2) is 9.78 Å². The Labute approximate surface area is 99.7 Å². The molecule has 0 fully saturated rings. The maximum absolute atomic E-state index is 11.5. The highest BCUT2D eigenvalue weighted by molar-refractivity contribution is 5.96. The normalized spacial score (nSPS) is 10.0. The third-order valence-corrected chi connectivity index (χ3v) is 1.98. The number of pyridine rings is 1. The van der Waals surface area contributed by atoms with Crippen LogP contribution in [0.15, 0.2) is 12.3 Å². The molecule has 94 valence electrons. The van der Waals surface area contributed by atoms with Gasteiger partial charge in [-0.1, -0.05) is 0 Å². The van der Waals surface area contributed by atoms with Crippen molar-refractivity contribution in [2.75, 3.05) is 32.7 Å². The molecule has 0 atom stereocenters. The van der Waals surface area contributed by atoms with Gasteiger partial charge in [-0.15, -0.1) is 0 Å². The van der Waals surface area contributed by atoms with Gasteiger partial charge in [-0.05, 0) is 13.0 Å². The van der Waals surface area contributed by atoms with Crippen LogP contribution in [-0.4, -0.2) is 37.9 Å². The van der Waals surface area contributed by atoms with Crippen LogP contribution in [0.4, 0.5) is 5.69 Å². The minimum Gasteiger partial charge on any atom is -0.474 e. The first-order valence-electron chi connectivity index (χ1n) is 5.24. The van der Waals surface area contributed by atoms with Crippen molar-refractivity contribution in [3.05, 3.63) is 17.8 Å². The molecule has 1 aromatic heterocycles. The van der Waals surface area contributed by atoms with E-state index in [0.29, 0.717) is 19.8 Å². The van der Waals surface area contributed by atoms with Gasteiger partial charge in [0.25, 0.3) is 0 Å². The summed E-state index contributed by atoms with van der Waals surface area (Å²) in [6.45, 7) is 2.76. The molecular weight excluding hydrogens is 224 g/mol. The number of esters is 1. The van der Waals surface area contributed by atoms with Gasteiger partial charge in [-0.2, -0.15) is 0 Å². The van der Waals surface area contributed by atoms with Crippen LogP contribution in [-0.2, 0) is 9.47 Å². The quantitative estimate of drug-likeness (QED) is 0.586. The van der Waals surface area contributed by atoms with E-state index in [1.54, 1.807) is 14.0 Å². The molecule has 1 rings (SSSR count). The van der Waals surface area contributed by atoms with Crippen molar-refractivity contribution in [3.8, 4) is 5.88 Å². The largest absolute Gasteiger partial charge is 0.474 e. The molecule has 1 aromatic rings. The number of carbonyl (C=O) groups excluding carboxylic acids is 1. The summed E-state index contributed by atoms with van der Waals surface area (Å²) >= 11 is 0. The van der Waals surface area contributed by atoms with Gasteiger partial charge in [0.15, 0.2) is 0 Å². The molecule has 6 heteroatoms. The van der Waals surface area contributed by atoms with Crippen molar-refractivity contribution < 1.29 is 19.0 Å². The van der Waals surface area contributed by atoms with Crippen LogP contribution in [0.25, 0.3) is 0 Å². The lowest BCUT2D eigenvalue weighted by molar-refractivity contribution is 0.0527. The zero-order chi connectivity index (χ0) is 12.7. The Balaban J connectivity index is 2.79. The van der Waals surface area contributed by atoms with Crippen molar-refractivity contribution in [2.24, 2.45) is 0 Å². The monoisotopic (exact) mass is 240 g/mol. The summed E-state index contributed by atoms with van der Waals surface area (Å²) < 4.78 is 15.0. The third kappa shape index (κ3) is 3.60. The van der Waals surface area contributed by atoms with E-state index in [0.717, 1.165) is 0 Å². The van der Waals surface area contributed by atoms with Gasteiger partial charge in [0.05, 0.1) is 18.8 Å². The number of nitrogen functional groups attached to an aromatic ring is 1. The van der Waals surface area contributed by atoms with Crippen molar-refractivity contribution in [1.82, 2.24) is 4.98 Å². The Kier molecular flexibility index (Phi) is 5.22. The van der Waals surface area contributed by atoms with Crippen LogP contribution in [0.5, 0.6) is 5.88 Å². The number of aromatic nitrogens is 1. The summed E-state index contributed by atoms with van der Waals surface area (Å²) in [4.78, 5) is 15.5. The Morgan fingerprint density at radius 3 is 2.88 bits per heavy atom. The molecule has 0 unspecified atom stereocenters.